The van der Waals surface area contributed by atoms with Crippen LogP contribution in [0.4, 0.5) is 0 Å². The van der Waals surface area contributed by atoms with Gasteiger partial charge in [-0.25, -0.2) is 4.79 Å². The van der Waals surface area contributed by atoms with E-state index < -0.39 is 0 Å². The monoisotopic (exact) mass is 298 g/mol. The molecule has 0 radical (unpaired) electrons. The number of nitrogens with one attached hydrogen (secondary N) is 1. The summed E-state index contributed by atoms with van der Waals surface area (Å²) in [5.74, 6) is 0.766. The SMILES string of the molecule is Cc1ccc2c(CN3CCC4NCCC4C3)cc(=O)oc2c1. The van der Waals surface area contributed by atoms with Gasteiger partial charge in [0.15, 0.2) is 0 Å². The molecule has 2 unspecified atom stereocenters. The summed E-state index contributed by atoms with van der Waals surface area (Å²) < 4.78 is 5.36. The van der Waals surface area contributed by atoms with Gasteiger partial charge < -0.3 is 9.73 Å². The van der Waals surface area contributed by atoms with Gasteiger partial charge in [-0.3, -0.25) is 4.90 Å². The molecule has 2 fully saturated rings. The third kappa shape index (κ3) is 2.57. The van der Waals surface area contributed by atoms with Gasteiger partial charge in [-0.1, -0.05) is 12.1 Å². The molecule has 0 saturated carbocycles. The predicted octanol–water partition coefficient (Wildman–Crippen LogP) is 2.29. The lowest BCUT2D eigenvalue weighted by Crippen LogP contribution is -2.44. The smallest absolute Gasteiger partial charge is 0.336 e. The van der Waals surface area contributed by atoms with Crippen LogP contribution in [-0.2, 0) is 6.54 Å². The highest BCUT2D eigenvalue weighted by Crippen LogP contribution is 2.27. The Bertz CT molecular complexity index is 752. The molecular formula is C18H22N2O2. The molecule has 3 heterocycles. The number of nitrogens with zero attached hydrogens (tertiary/aromatic N) is 1. The molecule has 2 saturated heterocycles. The van der Waals surface area contributed by atoms with E-state index in [9.17, 15) is 4.79 Å². The summed E-state index contributed by atoms with van der Waals surface area (Å²) in [4.78, 5) is 14.3. The molecule has 4 rings (SSSR count). The van der Waals surface area contributed by atoms with Gasteiger partial charge in [-0.2, -0.15) is 0 Å². The van der Waals surface area contributed by atoms with Gasteiger partial charge in [0.1, 0.15) is 5.58 Å². The minimum absolute atomic E-state index is 0.245. The minimum atomic E-state index is -0.245. The van der Waals surface area contributed by atoms with E-state index in [1.165, 1.54) is 12.8 Å². The van der Waals surface area contributed by atoms with Gasteiger partial charge in [0.25, 0.3) is 0 Å². The predicted molar refractivity (Wildman–Crippen MR) is 87.0 cm³/mol. The first-order valence-electron chi connectivity index (χ1n) is 8.18. The van der Waals surface area contributed by atoms with Crippen LogP contribution >= 0.6 is 0 Å². The first-order valence-corrected chi connectivity index (χ1v) is 8.18. The Morgan fingerprint density at radius 2 is 2.23 bits per heavy atom. The Morgan fingerprint density at radius 1 is 1.32 bits per heavy atom. The van der Waals surface area contributed by atoms with E-state index in [1.807, 2.05) is 13.0 Å². The fourth-order valence-corrected chi connectivity index (χ4v) is 3.98. The zero-order valence-electron chi connectivity index (χ0n) is 13.0. The number of rotatable bonds is 2. The number of hydrogen-bond donors (Lipinski definition) is 1. The number of benzene rings is 1. The molecule has 0 amide bonds. The highest BCUT2D eigenvalue weighted by Gasteiger charge is 2.32. The van der Waals surface area contributed by atoms with Gasteiger partial charge in [-0.15, -0.1) is 0 Å². The summed E-state index contributed by atoms with van der Waals surface area (Å²) in [7, 11) is 0. The molecular weight excluding hydrogens is 276 g/mol. The van der Waals surface area contributed by atoms with Crippen molar-refractivity contribution in [3.8, 4) is 0 Å². The molecule has 22 heavy (non-hydrogen) atoms. The topological polar surface area (TPSA) is 45.5 Å². The zero-order chi connectivity index (χ0) is 15.1. The molecule has 2 atom stereocenters. The van der Waals surface area contributed by atoms with E-state index in [4.69, 9.17) is 4.42 Å². The van der Waals surface area contributed by atoms with Gasteiger partial charge in [0, 0.05) is 30.6 Å². The first kappa shape index (κ1) is 14.0. The highest BCUT2D eigenvalue weighted by atomic mass is 16.4. The summed E-state index contributed by atoms with van der Waals surface area (Å²) in [6, 6.07) is 8.48. The summed E-state index contributed by atoms with van der Waals surface area (Å²) in [6.07, 6.45) is 2.49. The first-order chi connectivity index (χ1) is 10.7. The van der Waals surface area contributed by atoms with Crippen LogP contribution in [0.2, 0.25) is 0 Å². The van der Waals surface area contributed by atoms with Crippen molar-refractivity contribution in [1.29, 1.82) is 0 Å². The van der Waals surface area contributed by atoms with Crippen LogP contribution in [0.25, 0.3) is 11.0 Å². The Morgan fingerprint density at radius 3 is 3.14 bits per heavy atom. The summed E-state index contributed by atoms with van der Waals surface area (Å²) in [5.41, 5.74) is 2.67. The average Bonchev–Trinajstić information content (AvgIpc) is 2.94. The zero-order valence-corrected chi connectivity index (χ0v) is 13.0. The number of piperidine rings is 1. The van der Waals surface area contributed by atoms with Crippen LogP contribution in [0.1, 0.15) is 24.0 Å². The van der Waals surface area contributed by atoms with Crippen LogP contribution in [0.3, 0.4) is 0 Å². The Labute approximate surface area is 130 Å². The second-order valence-corrected chi connectivity index (χ2v) is 6.72. The highest BCUT2D eigenvalue weighted by molar-refractivity contribution is 5.80. The quantitative estimate of drug-likeness (QED) is 0.864. The van der Waals surface area contributed by atoms with Crippen LogP contribution in [0.15, 0.2) is 33.5 Å². The maximum Gasteiger partial charge on any atom is 0.336 e. The van der Waals surface area contributed by atoms with Crippen molar-refractivity contribution in [3.05, 3.63) is 45.8 Å². The van der Waals surface area contributed by atoms with Gasteiger partial charge in [-0.05, 0) is 56.0 Å². The Balaban J connectivity index is 1.62. The standard InChI is InChI=1S/C18H22N2O2/c1-12-2-3-15-14(9-18(21)22-17(15)8-12)11-20-7-5-16-13(10-20)4-6-19-16/h2-3,8-9,13,16,19H,4-7,10-11H2,1H3. The maximum absolute atomic E-state index is 11.8. The van der Waals surface area contributed by atoms with Gasteiger partial charge >= 0.3 is 5.63 Å². The second kappa shape index (κ2) is 5.52. The molecule has 1 aromatic heterocycles. The van der Waals surface area contributed by atoms with E-state index in [1.54, 1.807) is 6.07 Å². The van der Waals surface area contributed by atoms with Crippen molar-refractivity contribution in [3.63, 3.8) is 0 Å². The lowest BCUT2D eigenvalue weighted by Gasteiger charge is -2.34. The summed E-state index contributed by atoms with van der Waals surface area (Å²) in [6.45, 7) is 6.24. The van der Waals surface area contributed by atoms with Crippen molar-refractivity contribution in [2.75, 3.05) is 19.6 Å². The summed E-state index contributed by atoms with van der Waals surface area (Å²) in [5, 5.41) is 4.66. The molecule has 2 aromatic rings. The Kier molecular flexibility index (Phi) is 3.51. The fraction of sp³-hybridized carbons (Fsp3) is 0.500. The molecule has 0 spiro atoms. The fourth-order valence-electron chi connectivity index (χ4n) is 3.98. The number of fused-ring (bicyclic) bond motifs is 2. The summed E-state index contributed by atoms with van der Waals surface area (Å²) >= 11 is 0. The van der Waals surface area contributed by atoms with Crippen molar-refractivity contribution < 1.29 is 4.42 Å². The van der Waals surface area contributed by atoms with E-state index in [2.05, 4.69) is 22.3 Å². The molecule has 116 valence electrons. The Hall–Kier alpha value is -1.65. The van der Waals surface area contributed by atoms with Crippen LogP contribution in [0, 0.1) is 12.8 Å². The number of hydrogen-bond acceptors (Lipinski definition) is 4. The molecule has 0 aliphatic carbocycles. The number of aryl methyl sites for hydroxylation is 1. The van der Waals surface area contributed by atoms with Gasteiger partial charge in [0.2, 0.25) is 0 Å². The molecule has 2 aliphatic rings. The number of likely N-dealkylation sites (tertiary alicyclic amines) is 1. The van der Waals surface area contributed by atoms with E-state index >= 15 is 0 Å². The normalized spacial score (nSPS) is 25.5. The van der Waals surface area contributed by atoms with Crippen LogP contribution in [0.5, 0.6) is 0 Å². The molecule has 2 aliphatic heterocycles. The molecule has 4 nitrogen and oxygen atoms in total. The van der Waals surface area contributed by atoms with Crippen molar-refractivity contribution in [2.24, 2.45) is 5.92 Å². The lowest BCUT2D eigenvalue weighted by atomic mass is 9.93. The third-order valence-electron chi connectivity index (χ3n) is 5.12. The maximum atomic E-state index is 11.8. The van der Waals surface area contributed by atoms with E-state index in [0.717, 1.165) is 48.6 Å². The van der Waals surface area contributed by atoms with Crippen LogP contribution < -0.4 is 10.9 Å². The van der Waals surface area contributed by atoms with Crippen molar-refractivity contribution in [1.82, 2.24) is 10.2 Å². The molecule has 0 bridgehead atoms. The van der Waals surface area contributed by atoms with Crippen LogP contribution in [-0.4, -0.2) is 30.6 Å². The van der Waals surface area contributed by atoms with Gasteiger partial charge in [0.05, 0.1) is 0 Å². The second-order valence-electron chi connectivity index (χ2n) is 6.72. The van der Waals surface area contributed by atoms with E-state index in [-0.39, 0.29) is 5.63 Å². The van der Waals surface area contributed by atoms with E-state index in [0.29, 0.717) is 11.6 Å². The molecule has 1 N–H and O–H groups in total. The molecule has 1 aromatic carbocycles. The average molecular weight is 298 g/mol. The van der Waals surface area contributed by atoms with Crippen molar-refractivity contribution >= 4 is 11.0 Å². The molecule has 4 heteroatoms. The third-order valence-corrected chi connectivity index (χ3v) is 5.12. The largest absolute Gasteiger partial charge is 0.423 e. The minimum Gasteiger partial charge on any atom is -0.423 e. The lowest BCUT2D eigenvalue weighted by molar-refractivity contribution is 0.156. The van der Waals surface area contributed by atoms with Crippen molar-refractivity contribution in [2.45, 2.75) is 32.4 Å².